The Kier molecular flexibility index (Phi) is 8.53. The highest BCUT2D eigenvalue weighted by Gasteiger charge is 2.42. The van der Waals surface area contributed by atoms with Crippen molar-refractivity contribution in [3.8, 4) is 0 Å². The van der Waals surface area contributed by atoms with Crippen molar-refractivity contribution in [2.75, 3.05) is 31.6 Å². The fraction of sp³-hybridized carbons (Fsp3) is 0.276. The van der Waals surface area contributed by atoms with Crippen LogP contribution in [-0.4, -0.2) is 65.6 Å². The van der Waals surface area contributed by atoms with E-state index in [9.17, 15) is 14.4 Å². The quantitative estimate of drug-likeness (QED) is 0.515. The minimum absolute atomic E-state index is 0.0360. The number of hydrogen-bond donors (Lipinski definition) is 1. The number of carbonyl (C=O) groups is 3. The van der Waals surface area contributed by atoms with Gasteiger partial charge in [-0.1, -0.05) is 78.9 Å². The molecule has 4 amide bonds. The van der Waals surface area contributed by atoms with Crippen molar-refractivity contribution in [1.29, 1.82) is 0 Å². The Hall–Kier alpha value is -4.17. The molecule has 0 aromatic heterocycles. The number of carbonyl (C=O) groups excluding carboxylic acids is 3. The van der Waals surface area contributed by atoms with Crippen molar-refractivity contribution >= 4 is 23.5 Å². The molecule has 1 aliphatic rings. The first-order valence-corrected chi connectivity index (χ1v) is 12.4. The average Bonchev–Trinajstić information content (AvgIpc) is 2.91. The molecule has 8 heteroatoms. The normalized spacial score (nSPS) is 15.9. The summed E-state index contributed by atoms with van der Waals surface area (Å²) in [6.07, 6.45) is -0.0493. The van der Waals surface area contributed by atoms with Crippen LogP contribution in [0.1, 0.15) is 18.1 Å². The molecule has 1 saturated heterocycles. The van der Waals surface area contributed by atoms with E-state index in [4.69, 9.17) is 0 Å². The molecule has 4 rings (SSSR count). The molecule has 0 radical (unpaired) electrons. The van der Waals surface area contributed by atoms with Gasteiger partial charge in [-0.3, -0.25) is 14.5 Å². The van der Waals surface area contributed by atoms with Crippen molar-refractivity contribution in [2.24, 2.45) is 0 Å². The number of anilines is 1. The number of nitrogens with zero attached hydrogens (tertiary/aromatic N) is 4. The molecular weight excluding hydrogens is 466 g/mol. The summed E-state index contributed by atoms with van der Waals surface area (Å²) >= 11 is 0. The van der Waals surface area contributed by atoms with Crippen LogP contribution in [0, 0.1) is 0 Å². The number of para-hydroxylation sites is 1. The molecule has 0 aliphatic carbocycles. The summed E-state index contributed by atoms with van der Waals surface area (Å²) in [6.45, 7) is 2.54. The van der Waals surface area contributed by atoms with Crippen LogP contribution in [0.25, 0.3) is 0 Å². The highest BCUT2D eigenvalue weighted by molar-refractivity contribution is 5.97. The van der Waals surface area contributed by atoms with E-state index in [1.807, 2.05) is 91.0 Å². The van der Waals surface area contributed by atoms with Crippen molar-refractivity contribution in [2.45, 2.75) is 26.1 Å². The maximum Gasteiger partial charge on any atom is 0.334 e. The number of likely N-dealkylation sites (N-methyl/N-ethyl adjacent to an activating group) is 1. The summed E-state index contributed by atoms with van der Waals surface area (Å²) in [5.41, 5.74) is 2.76. The SMILES string of the molecule is CC(=O)N(CCc1ccccc1)CC1N(c2ccccc2)C(=O)CN(C)N1C(=O)NCc1ccccc1. The third kappa shape index (κ3) is 6.54. The van der Waals surface area contributed by atoms with Crippen molar-refractivity contribution in [3.63, 3.8) is 0 Å². The lowest BCUT2D eigenvalue weighted by Gasteiger charge is -2.49. The van der Waals surface area contributed by atoms with E-state index < -0.39 is 6.17 Å². The largest absolute Gasteiger partial charge is 0.339 e. The number of urea groups is 1. The number of amides is 4. The van der Waals surface area contributed by atoms with Crippen LogP contribution in [0.2, 0.25) is 0 Å². The minimum atomic E-state index is -0.718. The van der Waals surface area contributed by atoms with Gasteiger partial charge in [-0.25, -0.2) is 14.8 Å². The molecule has 3 aromatic carbocycles. The zero-order valence-corrected chi connectivity index (χ0v) is 21.3. The van der Waals surface area contributed by atoms with E-state index in [0.29, 0.717) is 25.2 Å². The molecule has 0 saturated carbocycles. The molecule has 1 N–H and O–H groups in total. The van der Waals surface area contributed by atoms with Gasteiger partial charge in [0.25, 0.3) is 0 Å². The Bertz CT molecular complexity index is 1190. The van der Waals surface area contributed by atoms with Crippen LogP contribution in [0.5, 0.6) is 0 Å². The van der Waals surface area contributed by atoms with E-state index in [0.717, 1.165) is 11.1 Å². The average molecular weight is 500 g/mol. The smallest absolute Gasteiger partial charge is 0.334 e. The Labute approximate surface area is 218 Å². The van der Waals surface area contributed by atoms with Crippen LogP contribution in [0.15, 0.2) is 91.0 Å². The van der Waals surface area contributed by atoms with Crippen LogP contribution < -0.4 is 10.2 Å². The number of hydrazine groups is 1. The predicted molar refractivity (Wildman–Crippen MR) is 143 cm³/mol. The Balaban J connectivity index is 1.61. The van der Waals surface area contributed by atoms with Gasteiger partial charge in [0.2, 0.25) is 11.8 Å². The fourth-order valence-electron chi connectivity index (χ4n) is 4.54. The van der Waals surface area contributed by atoms with E-state index in [1.165, 1.54) is 6.92 Å². The topological polar surface area (TPSA) is 76.2 Å². The first-order valence-electron chi connectivity index (χ1n) is 12.4. The minimum Gasteiger partial charge on any atom is -0.339 e. The summed E-state index contributed by atoms with van der Waals surface area (Å²) in [7, 11) is 1.72. The van der Waals surface area contributed by atoms with Crippen LogP contribution >= 0.6 is 0 Å². The van der Waals surface area contributed by atoms with Gasteiger partial charge in [0.05, 0.1) is 13.1 Å². The van der Waals surface area contributed by atoms with Crippen molar-refractivity contribution in [3.05, 3.63) is 102 Å². The highest BCUT2D eigenvalue weighted by Crippen LogP contribution is 2.25. The van der Waals surface area contributed by atoms with E-state index in [2.05, 4.69) is 5.32 Å². The van der Waals surface area contributed by atoms with Gasteiger partial charge in [-0.05, 0) is 29.7 Å². The number of rotatable bonds is 8. The fourth-order valence-corrected chi connectivity index (χ4v) is 4.54. The maximum absolute atomic E-state index is 13.5. The second-order valence-electron chi connectivity index (χ2n) is 9.09. The second kappa shape index (κ2) is 12.2. The summed E-state index contributed by atoms with van der Waals surface area (Å²) in [5, 5.41) is 6.16. The lowest BCUT2D eigenvalue weighted by molar-refractivity contribution is -0.138. The number of benzene rings is 3. The van der Waals surface area contributed by atoms with Gasteiger partial charge in [0.1, 0.15) is 6.17 Å². The lowest BCUT2D eigenvalue weighted by Crippen LogP contribution is -2.70. The monoisotopic (exact) mass is 499 g/mol. The van der Waals surface area contributed by atoms with E-state index >= 15 is 0 Å². The molecular formula is C29H33N5O3. The summed E-state index contributed by atoms with van der Waals surface area (Å²) in [6, 6.07) is 28.5. The molecule has 37 heavy (non-hydrogen) atoms. The molecule has 1 aliphatic heterocycles. The third-order valence-corrected chi connectivity index (χ3v) is 6.45. The molecule has 1 unspecified atom stereocenters. The lowest BCUT2D eigenvalue weighted by atomic mass is 10.1. The Morgan fingerprint density at radius 2 is 1.46 bits per heavy atom. The molecule has 1 atom stereocenters. The van der Waals surface area contributed by atoms with Crippen molar-refractivity contribution in [1.82, 2.24) is 20.2 Å². The molecule has 192 valence electrons. The summed E-state index contributed by atoms with van der Waals surface area (Å²) < 4.78 is 0. The molecule has 3 aromatic rings. The Morgan fingerprint density at radius 1 is 0.892 bits per heavy atom. The first kappa shape index (κ1) is 25.9. The molecule has 1 heterocycles. The summed E-state index contributed by atoms with van der Waals surface area (Å²) in [4.78, 5) is 42.9. The van der Waals surface area contributed by atoms with Gasteiger partial charge in [0.15, 0.2) is 0 Å². The van der Waals surface area contributed by atoms with Gasteiger partial charge >= 0.3 is 6.03 Å². The number of nitrogens with one attached hydrogen (secondary N) is 1. The zero-order valence-electron chi connectivity index (χ0n) is 21.3. The Morgan fingerprint density at radius 3 is 2.05 bits per heavy atom. The molecule has 1 fully saturated rings. The van der Waals surface area contributed by atoms with Crippen LogP contribution in [0.4, 0.5) is 10.5 Å². The maximum atomic E-state index is 13.5. The summed E-state index contributed by atoms with van der Waals surface area (Å²) in [5.74, 6) is -0.258. The number of hydrogen-bond acceptors (Lipinski definition) is 4. The van der Waals surface area contributed by atoms with Crippen LogP contribution in [-0.2, 0) is 22.6 Å². The predicted octanol–water partition coefficient (Wildman–Crippen LogP) is 3.51. The van der Waals surface area contributed by atoms with E-state index in [1.54, 1.807) is 26.9 Å². The first-order chi connectivity index (χ1) is 17.9. The van der Waals surface area contributed by atoms with Gasteiger partial charge in [0, 0.05) is 32.7 Å². The highest BCUT2D eigenvalue weighted by atomic mass is 16.2. The van der Waals surface area contributed by atoms with Gasteiger partial charge in [-0.15, -0.1) is 0 Å². The second-order valence-corrected chi connectivity index (χ2v) is 9.09. The third-order valence-electron chi connectivity index (χ3n) is 6.45. The van der Waals surface area contributed by atoms with E-state index in [-0.39, 0.29) is 30.9 Å². The standard InChI is InChI=1S/C29H33N5O3/c1-23(35)32(19-18-24-12-6-3-7-13-24)21-27-33(26-16-10-5-11-17-26)28(36)22-31(2)34(27)29(37)30-20-25-14-8-4-9-15-25/h3-17,27H,18-22H2,1-2H3,(H,30,37). The van der Waals surface area contributed by atoms with Gasteiger partial charge in [-0.2, -0.15) is 0 Å². The van der Waals surface area contributed by atoms with Crippen molar-refractivity contribution < 1.29 is 14.4 Å². The molecule has 8 nitrogen and oxygen atoms in total. The van der Waals surface area contributed by atoms with Gasteiger partial charge < -0.3 is 10.2 Å². The van der Waals surface area contributed by atoms with Crippen LogP contribution in [0.3, 0.4) is 0 Å². The zero-order chi connectivity index (χ0) is 26.2. The molecule has 0 bridgehead atoms. The molecule has 0 spiro atoms.